The lowest BCUT2D eigenvalue weighted by Gasteiger charge is -2.28. The molecule has 0 aromatic heterocycles. The molecule has 1 saturated heterocycles. The van der Waals surface area contributed by atoms with E-state index in [1.807, 2.05) is 42.5 Å². The van der Waals surface area contributed by atoms with Gasteiger partial charge in [0.15, 0.2) is 0 Å². The van der Waals surface area contributed by atoms with Crippen LogP contribution in [0.2, 0.25) is 0 Å². The Morgan fingerprint density at radius 1 is 1.11 bits per heavy atom. The molecule has 3 rings (SSSR count). The quantitative estimate of drug-likeness (QED) is 0.761. The number of carbonyl (C=O) groups is 1. The number of para-hydroxylation sites is 1. The van der Waals surface area contributed by atoms with Crippen LogP contribution in [0.4, 0.5) is 5.69 Å². The van der Waals surface area contributed by atoms with Crippen LogP contribution in [0, 0.1) is 0 Å². The number of nitrogens with zero attached hydrogens (tertiary/aromatic N) is 1. The summed E-state index contributed by atoms with van der Waals surface area (Å²) in [5.74, 6) is 1.21. The Kier molecular flexibility index (Phi) is 6.71. The van der Waals surface area contributed by atoms with Gasteiger partial charge in [-0.3, -0.25) is 4.79 Å². The van der Waals surface area contributed by atoms with E-state index in [4.69, 9.17) is 9.47 Å². The SMILES string of the molecule is CC(C)c1ccccc1OCCNC(=O)c1ccc(N2CCOCC2)cc1. The highest BCUT2D eigenvalue weighted by atomic mass is 16.5. The molecule has 1 aliphatic rings. The molecule has 5 nitrogen and oxygen atoms in total. The highest BCUT2D eigenvalue weighted by Crippen LogP contribution is 2.25. The third kappa shape index (κ3) is 5.23. The summed E-state index contributed by atoms with van der Waals surface area (Å²) >= 11 is 0. The van der Waals surface area contributed by atoms with Crippen LogP contribution in [0.5, 0.6) is 5.75 Å². The summed E-state index contributed by atoms with van der Waals surface area (Å²) in [7, 11) is 0. The van der Waals surface area contributed by atoms with Crippen LogP contribution in [-0.4, -0.2) is 45.4 Å². The molecule has 0 bridgehead atoms. The Balaban J connectivity index is 1.47. The number of hydrogen-bond acceptors (Lipinski definition) is 4. The van der Waals surface area contributed by atoms with Crippen molar-refractivity contribution in [3.8, 4) is 5.75 Å². The van der Waals surface area contributed by atoms with Gasteiger partial charge in [-0.15, -0.1) is 0 Å². The van der Waals surface area contributed by atoms with Gasteiger partial charge in [0.1, 0.15) is 12.4 Å². The second kappa shape index (κ2) is 9.42. The fourth-order valence-corrected chi connectivity index (χ4v) is 3.16. The van der Waals surface area contributed by atoms with Crippen LogP contribution in [0.1, 0.15) is 35.7 Å². The molecule has 1 heterocycles. The average molecular weight is 368 g/mol. The molecule has 27 heavy (non-hydrogen) atoms. The standard InChI is InChI=1S/C22H28N2O3/c1-17(2)20-5-3-4-6-21(20)27-14-11-23-22(25)18-7-9-19(10-8-18)24-12-15-26-16-13-24/h3-10,17H,11-16H2,1-2H3,(H,23,25). The van der Waals surface area contributed by atoms with Gasteiger partial charge >= 0.3 is 0 Å². The molecule has 1 amide bonds. The molecule has 0 atom stereocenters. The Labute approximate surface area is 161 Å². The van der Waals surface area contributed by atoms with E-state index < -0.39 is 0 Å². The topological polar surface area (TPSA) is 50.8 Å². The molecular weight excluding hydrogens is 340 g/mol. The number of hydrogen-bond donors (Lipinski definition) is 1. The van der Waals surface area contributed by atoms with Crippen LogP contribution in [0.15, 0.2) is 48.5 Å². The van der Waals surface area contributed by atoms with Gasteiger partial charge in [-0.1, -0.05) is 32.0 Å². The second-order valence-corrected chi connectivity index (χ2v) is 6.94. The molecule has 0 aliphatic carbocycles. The average Bonchev–Trinajstić information content (AvgIpc) is 2.72. The number of ether oxygens (including phenoxy) is 2. The van der Waals surface area contributed by atoms with Gasteiger partial charge in [-0.25, -0.2) is 0 Å². The van der Waals surface area contributed by atoms with Gasteiger partial charge in [-0.05, 0) is 41.8 Å². The van der Waals surface area contributed by atoms with Crippen molar-refractivity contribution in [2.75, 3.05) is 44.4 Å². The van der Waals surface area contributed by atoms with Gasteiger partial charge in [0.2, 0.25) is 0 Å². The van der Waals surface area contributed by atoms with E-state index in [0.717, 1.165) is 37.7 Å². The van der Waals surface area contributed by atoms with Gasteiger partial charge < -0.3 is 19.7 Å². The zero-order valence-electron chi connectivity index (χ0n) is 16.1. The molecule has 0 radical (unpaired) electrons. The highest BCUT2D eigenvalue weighted by Gasteiger charge is 2.12. The molecule has 1 N–H and O–H groups in total. The summed E-state index contributed by atoms with van der Waals surface area (Å²) in [5, 5.41) is 2.92. The fraction of sp³-hybridized carbons (Fsp3) is 0.409. The third-order valence-electron chi connectivity index (χ3n) is 4.69. The lowest BCUT2D eigenvalue weighted by atomic mass is 10.0. The van der Waals surface area contributed by atoms with Crippen molar-refractivity contribution in [3.63, 3.8) is 0 Å². The first kappa shape index (κ1) is 19.2. The molecule has 0 spiro atoms. The maximum atomic E-state index is 12.3. The molecule has 1 fully saturated rings. The van der Waals surface area contributed by atoms with Crippen molar-refractivity contribution in [1.29, 1.82) is 0 Å². The van der Waals surface area contributed by atoms with Gasteiger partial charge in [0, 0.05) is 24.3 Å². The number of benzene rings is 2. The Morgan fingerprint density at radius 2 is 1.81 bits per heavy atom. The molecule has 2 aromatic rings. The van der Waals surface area contributed by atoms with Gasteiger partial charge in [0.25, 0.3) is 5.91 Å². The van der Waals surface area contributed by atoms with Crippen LogP contribution < -0.4 is 15.0 Å². The maximum absolute atomic E-state index is 12.3. The Bertz CT molecular complexity index is 737. The first-order valence-electron chi connectivity index (χ1n) is 9.58. The first-order chi connectivity index (χ1) is 13.1. The molecule has 144 valence electrons. The van der Waals surface area contributed by atoms with E-state index in [-0.39, 0.29) is 5.91 Å². The summed E-state index contributed by atoms with van der Waals surface area (Å²) in [5.41, 5.74) is 2.97. The van der Waals surface area contributed by atoms with Crippen LogP contribution in [0.25, 0.3) is 0 Å². The first-order valence-corrected chi connectivity index (χ1v) is 9.58. The minimum atomic E-state index is -0.0794. The number of morpholine rings is 1. The van der Waals surface area contributed by atoms with Crippen molar-refractivity contribution in [2.45, 2.75) is 19.8 Å². The van der Waals surface area contributed by atoms with Crippen molar-refractivity contribution >= 4 is 11.6 Å². The minimum absolute atomic E-state index is 0.0794. The molecule has 2 aromatic carbocycles. The second-order valence-electron chi connectivity index (χ2n) is 6.94. The van der Waals surface area contributed by atoms with E-state index in [9.17, 15) is 4.79 Å². The monoisotopic (exact) mass is 368 g/mol. The number of rotatable bonds is 7. The summed E-state index contributed by atoms with van der Waals surface area (Å²) < 4.78 is 11.2. The lowest BCUT2D eigenvalue weighted by Crippen LogP contribution is -2.36. The molecule has 1 aliphatic heterocycles. The van der Waals surface area contributed by atoms with E-state index in [2.05, 4.69) is 30.1 Å². The van der Waals surface area contributed by atoms with Gasteiger partial charge in [-0.2, -0.15) is 0 Å². The number of nitrogens with one attached hydrogen (secondary N) is 1. The summed E-state index contributed by atoms with van der Waals surface area (Å²) in [6, 6.07) is 15.8. The van der Waals surface area contributed by atoms with Crippen LogP contribution in [0.3, 0.4) is 0 Å². The zero-order valence-corrected chi connectivity index (χ0v) is 16.1. The van der Waals surface area contributed by atoms with Crippen LogP contribution in [-0.2, 0) is 4.74 Å². The number of amides is 1. The molecule has 0 saturated carbocycles. The summed E-state index contributed by atoms with van der Waals surface area (Å²) in [6.45, 7) is 8.48. The van der Waals surface area contributed by atoms with E-state index in [1.165, 1.54) is 5.56 Å². The number of anilines is 1. The van der Waals surface area contributed by atoms with E-state index in [0.29, 0.717) is 24.6 Å². The van der Waals surface area contributed by atoms with E-state index in [1.54, 1.807) is 0 Å². The Hall–Kier alpha value is -2.53. The maximum Gasteiger partial charge on any atom is 0.251 e. The normalized spacial score (nSPS) is 14.3. The van der Waals surface area contributed by atoms with Crippen LogP contribution >= 0.6 is 0 Å². The van der Waals surface area contributed by atoms with E-state index >= 15 is 0 Å². The fourth-order valence-electron chi connectivity index (χ4n) is 3.16. The molecule has 5 heteroatoms. The van der Waals surface area contributed by atoms with Crippen molar-refractivity contribution < 1.29 is 14.3 Å². The molecule has 0 unspecified atom stereocenters. The predicted octanol–water partition coefficient (Wildman–Crippen LogP) is 3.46. The third-order valence-corrected chi connectivity index (χ3v) is 4.69. The van der Waals surface area contributed by atoms with Crippen molar-refractivity contribution in [1.82, 2.24) is 5.32 Å². The lowest BCUT2D eigenvalue weighted by molar-refractivity contribution is 0.0947. The van der Waals surface area contributed by atoms with Crippen molar-refractivity contribution in [3.05, 3.63) is 59.7 Å². The summed E-state index contributed by atoms with van der Waals surface area (Å²) in [6.07, 6.45) is 0. The minimum Gasteiger partial charge on any atom is -0.491 e. The predicted molar refractivity (Wildman–Crippen MR) is 108 cm³/mol. The largest absolute Gasteiger partial charge is 0.491 e. The molecular formula is C22H28N2O3. The number of carbonyl (C=O) groups excluding carboxylic acids is 1. The van der Waals surface area contributed by atoms with Gasteiger partial charge in [0.05, 0.1) is 19.8 Å². The van der Waals surface area contributed by atoms with Crippen molar-refractivity contribution in [2.24, 2.45) is 0 Å². The summed E-state index contributed by atoms with van der Waals surface area (Å²) in [4.78, 5) is 14.6. The smallest absolute Gasteiger partial charge is 0.251 e. The zero-order chi connectivity index (χ0) is 19.1. The highest BCUT2D eigenvalue weighted by molar-refractivity contribution is 5.94. The Morgan fingerprint density at radius 3 is 2.52 bits per heavy atom.